The van der Waals surface area contributed by atoms with Gasteiger partial charge in [-0.2, -0.15) is 0 Å². The molecule has 0 aliphatic carbocycles. The smallest absolute Gasteiger partial charge is 0.269 e. The lowest BCUT2D eigenvalue weighted by atomic mass is 10.0. The topological polar surface area (TPSA) is 64.7 Å². The van der Waals surface area contributed by atoms with Crippen molar-refractivity contribution in [1.29, 1.82) is 0 Å². The molecule has 1 atom stereocenters. The van der Waals surface area contributed by atoms with Crippen LogP contribution in [0.3, 0.4) is 0 Å². The van der Waals surface area contributed by atoms with Crippen molar-refractivity contribution in [3.8, 4) is 0 Å². The lowest BCUT2D eigenvalue weighted by Crippen LogP contribution is -2.00. The largest absolute Gasteiger partial charge is 0.387 e. The zero-order valence-electron chi connectivity index (χ0n) is 9.85. The zero-order valence-corrected chi connectivity index (χ0v) is 10.7. The summed E-state index contributed by atoms with van der Waals surface area (Å²) in [5.41, 5.74) is 1.92. The number of hydrogen-bond acceptors (Lipinski definition) is 5. The predicted molar refractivity (Wildman–Crippen MR) is 72.4 cm³/mol. The van der Waals surface area contributed by atoms with E-state index in [9.17, 15) is 10.1 Å². The Hall–Kier alpha value is -2.21. The molecule has 0 radical (unpaired) electrons. The van der Waals surface area contributed by atoms with Gasteiger partial charge in [-0.25, -0.2) is 0 Å². The Morgan fingerprint density at radius 3 is 2.74 bits per heavy atom. The molecule has 5 nitrogen and oxygen atoms in total. The third-order valence-corrected chi connectivity index (χ3v) is 3.87. The van der Waals surface area contributed by atoms with Crippen LogP contribution in [0.4, 0.5) is 5.69 Å². The molecule has 0 N–H and O–H groups in total. The Balaban J connectivity index is 1.74. The van der Waals surface area contributed by atoms with Crippen molar-refractivity contribution in [2.24, 2.45) is 5.16 Å². The van der Waals surface area contributed by atoms with E-state index in [1.165, 1.54) is 12.1 Å². The normalized spacial score (nSPS) is 17.9. The highest BCUT2D eigenvalue weighted by atomic mass is 32.1. The van der Waals surface area contributed by atoms with Crippen LogP contribution in [0, 0.1) is 10.1 Å². The van der Waals surface area contributed by atoms with Crippen LogP contribution in [-0.4, -0.2) is 10.6 Å². The van der Waals surface area contributed by atoms with Crippen LogP contribution in [0.15, 0.2) is 46.9 Å². The second kappa shape index (κ2) is 4.81. The van der Waals surface area contributed by atoms with Gasteiger partial charge >= 0.3 is 0 Å². The fourth-order valence-electron chi connectivity index (χ4n) is 1.96. The Bertz CT molecular complexity index is 620. The van der Waals surface area contributed by atoms with E-state index in [-0.39, 0.29) is 11.8 Å². The third kappa shape index (κ3) is 2.34. The first-order valence-corrected chi connectivity index (χ1v) is 6.63. The lowest BCUT2D eigenvalue weighted by Gasteiger charge is -2.07. The van der Waals surface area contributed by atoms with E-state index in [4.69, 9.17) is 4.84 Å². The average molecular weight is 274 g/mol. The second-order valence-electron chi connectivity index (χ2n) is 4.16. The number of thiophene rings is 1. The first kappa shape index (κ1) is 11.9. The summed E-state index contributed by atoms with van der Waals surface area (Å²) in [7, 11) is 0. The fraction of sp³-hybridized carbons (Fsp3) is 0.154. The number of rotatable bonds is 3. The molecule has 1 aliphatic heterocycles. The van der Waals surface area contributed by atoms with Gasteiger partial charge in [-0.1, -0.05) is 11.2 Å². The van der Waals surface area contributed by atoms with Gasteiger partial charge in [-0.15, -0.1) is 11.3 Å². The minimum Gasteiger partial charge on any atom is -0.387 e. The van der Waals surface area contributed by atoms with Crippen molar-refractivity contribution < 1.29 is 9.76 Å². The number of non-ortho nitro benzene ring substituents is 1. The maximum atomic E-state index is 10.6. The minimum absolute atomic E-state index is 0.0844. The molecule has 6 heteroatoms. The van der Waals surface area contributed by atoms with E-state index in [1.807, 2.05) is 17.5 Å². The highest BCUT2D eigenvalue weighted by Gasteiger charge is 2.24. The molecule has 0 fully saturated rings. The predicted octanol–water partition coefficient (Wildman–Crippen LogP) is 3.52. The molecule has 1 aliphatic rings. The van der Waals surface area contributed by atoms with Gasteiger partial charge in [0.1, 0.15) is 5.71 Å². The molecular weight excluding hydrogens is 264 g/mol. The summed E-state index contributed by atoms with van der Waals surface area (Å²) >= 11 is 1.62. The molecular formula is C13H10N2O3S. The SMILES string of the molecule is O=[N+]([O-])c1ccc(C2CC(c3cccs3)=NO2)cc1. The van der Waals surface area contributed by atoms with Crippen molar-refractivity contribution in [2.75, 3.05) is 0 Å². The second-order valence-corrected chi connectivity index (χ2v) is 5.11. The van der Waals surface area contributed by atoms with Crippen LogP contribution in [0.5, 0.6) is 0 Å². The summed E-state index contributed by atoms with van der Waals surface area (Å²) in [5.74, 6) is 0. The Morgan fingerprint density at radius 2 is 2.11 bits per heavy atom. The van der Waals surface area contributed by atoms with E-state index in [0.29, 0.717) is 6.42 Å². The van der Waals surface area contributed by atoms with Gasteiger partial charge in [0.05, 0.1) is 9.80 Å². The maximum Gasteiger partial charge on any atom is 0.269 e. The number of benzene rings is 1. The van der Waals surface area contributed by atoms with Gasteiger partial charge in [-0.3, -0.25) is 10.1 Å². The number of hydrogen-bond donors (Lipinski definition) is 0. The zero-order chi connectivity index (χ0) is 13.2. The van der Waals surface area contributed by atoms with Crippen LogP contribution < -0.4 is 0 Å². The monoisotopic (exact) mass is 274 g/mol. The van der Waals surface area contributed by atoms with Crippen molar-refractivity contribution in [3.05, 3.63) is 62.3 Å². The Kier molecular flexibility index (Phi) is 3.00. The Labute approximate surface area is 113 Å². The molecule has 0 saturated heterocycles. The molecule has 1 unspecified atom stereocenters. The van der Waals surface area contributed by atoms with Crippen LogP contribution >= 0.6 is 11.3 Å². The van der Waals surface area contributed by atoms with Gasteiger partial charge in [0.25, 0.3) is 5.69 Å². The molecule has 19 heavy (non-hydrogen) atoms. The summed E-state index contributed by atoms with van der Waals surface area (Å²) in [6, 6.07) is 10.4. The summed E-state index contributed by atoms with van der Waals surface area (Å²) < 4.78 is 0. The first-order chi connectivity index (χ1) is 9.24. The molecule has 2 aromatic rings. The van der Waals surface area contributed by atoms with Crippen LogP contribution in [-0.2, 0) is 4.84 Å². The van der Waals surface area contributed by atoms with Crippen molar-refractivity contribution in [2.45, 2.75) is 12.5 Å². The van der Waals surface area contributed by atoms with Crippen molar-refractivity contribution >= 4 is 22.7 Å². The molecule has 0 saturated carbocycles. The van der Waals surface area contributed by atoms with Gasteiger partial charge in [0, 0.05) is 18.6 Å². The van der Waals surface area contributed by atoms with Crippen LogP contribution in [0.2, 0.25) is 0 Å². The van der Waals surface area contributed by atoms with E-state index in [1.54, 1.807) is 23.5 Å². The number of nitro benzene ring substituents is 1. The van der Waals surface area contributed by atoms with Gasteiger partial charge in [-0.05, 0) is 29.1 Å². The first-order valence-electron chi connectivity index (χ1n) is 5.75. The molecule has 0 amide bonds. The summed E-state index contributed by atoms with van der Waals surface area (Å²) in [4.78, 5) is 16.7. The van der Waals surface area contributed by atoms with Gasteiger partial charge in [0.2, 0.25) is 0 Å². The third-order valence-electron chi connectivity index (χ3n) is 2.95. The maximum absolute atomic E-state index is 10.6. The highest BCUT2D eigenvalue weighted by molar-refractivity contribution is 7.12. The molecule has 2 heterocycles. The highest BCUT2D eigenvalue weighted by Crippen LogP contribution is 2.31. The number of nitrogens with zero attached hydrogens (tertiary/aromatic N) is 2. The number of oxime groups is 1. The van der Waals surface area contributed by atoms with Crippen LogP contribution in [0.25, 0.3) is 0 Å². The summed E-state index contributed by atoms with van der Waals surface area (Å²) in [6.45, 7) is 0. The molecule has 1 aromatic carbocycles. The fourth-order valence-corrected chi connectivity index (χ4v) is 2.67. The summed E-state index contributed by atoms with van der Waals surface area (Å²) in [5, 5.41) is 16.7. The molecule has 0 spiro atoms. The van der Waals surface area contributed by atoms with Crippen molar-refractivity contribution in [3.63, 3.8) is 0 Å². The standard InChI is InChI=1S/C13H10N2O3S/c16-15(17)10-5-3-9(4-6-10)12-8-11(14-18-12)13-2-1-7-19-13/h1-7,12H,8H2. The quantitative estimate of drug-likeness (QED) is 0.635. The molecule has 3 rings (SSSR count). The summed E-state index contributed by atoms with van der Waals surface area (Å²) in [6.07, 6.45) is 0.538. The Morgan fingerprint density at radius 1 is 1.32 bits per heavy atom. The lowest BCUT2D eigenvalue weighted by molar-refractivity contribution is -0.384. The van der Waals surface area contributed by atoms with E-state index < -0.39 is 4.92 Å². The molecule has 96 valence electrons. The molecule has 0 bridgehead atoms. The van der Waals surface area contributed by atoms with E-state index in [2.05, 4.69) is 5.16 Å². The van der Waals surface area contributed by atoms with Crippen LogP contribution in [0.1, 0.15) is 23.0 Å². The average Bonchev–Trinajstić information content (AvgIpc) is 3.10. The van der Waals surface area contributed by atoms with Gasteiger partial charge < -0.3 is 4.84 Å². The molecule has 1 aromatic heterocycles. The van der Waals surface area contributed by atoms with Gasteiger partial charge in [0.15, 0.2) is 6.10 Å². The minimum atomic E-state index is -0.410. The van der Waals surface area contributed by atoms with Crippen molar-refractivity contribution in [1.82, 2.24) is 0 Å². The van der Waals surface area contributed by atoms with E-state index >= 15 is 0 Å². The number of nitro groups is 1. The van der Waals surface area contributed by atoms with E-state index in [0.717, 1.165) is 16.2 Å².